The van der Waals surface area contributed by atoms with Crippen LogP contribution >= 0.6 is 0 Å². The SMILES string of the molecule is C=Cc1c(/C=C\C)n(C)c2cc(-c3ccccc3)cc(-c3ccccc3)c12. The van der Waals surface area contributed by atoms with Crippen LogP contribution < -0.4 is 0 Å². The number of allylic oxidation sites excluding steroid dienone is 1. The molecular weight excluding hydrogens is 326 g/mol. The van der Waals surface area contributed by atoms with Gasteiger partial charge in [-0.15, -0.1) is 0 Å². The van der Waals surface area contributed by atoms with Crippen LogP contribution in [0.3, 0.4) is 0 Å². The van der Waals surface area contributed by atoms with Gasteiger partial charge in [-0.05, 0) is 47.4 Å². The van der Waals surface area contributed by atoms with Crippen molar-refractivity contribution >= 4 is 23.1 Å². The van der Waals surface area contributed by atoms with E-state index < -0.39 is 0 Å². The van der Waals surface area contributed by atoms with Gasteiger partial charge in [-0.2, -0.15) is 0 Å². The van der Waals surface area contributed by atoms with E-state index in [0.717, 1.165) is 0 Å². The first-order valence-electron chi connectivity index (χ1n) is 9.27. The van der Waals surface area contributed by atoms with Crippen molar-refractivity contribution in [2.24, 2.45) is 7.05 Å². The quantitative estimate of drug-likeness (QED) is 0.367. The van der Waals surface area contributed by atoms with Crippen LogP contribution in [0.2, 0.25) is 0 Å². The van der Waals surface area contributed by atoms with Gasteiger partial charge in [-0.3, -0.25) is 0 Å². The molecule has 27 heavy (non-hydrogen) atoms. The second kappa shape index (κ2) is 7.13. The van der Waals surface area contributed by atoms with Gasteiger partial charge in [0, 0.05) is 23.7 Å². The van der Waals surface area contributed by atoms with Gasteiger partial charge >= 0.3 is 0 Å². The molecule has 0 unspecified atom stereocenters. The van der Waals surface area contributed by atoms with Gasteiger partial charge in [0.15, 0.2) is 0 Å². The Balaban J connectivity index is 2.14. The fraction of sp³-hybridized carbons (Fsp3) is 0.0769. The Hall–Kier alpha value is -3.32. The number of hydrogen-bond acceptors (Lipinski definition) is 0. The predicted octanol–water partition coefficient (Wildman–Crippen LogP) is 7.19. The van der Waals surface area contributed by atoms with Gasteiger partial charge in [0.2, 0.25) is 0 Å². The molecule has 132 valence electrons. The van der Waals surface area contributed by atoms with Crippen molar-refractivity contribution in [3.8, 4) is 22.3 Å². The first kappa shape index (κ1) is 17.1. The highest BCUT2D eigenvalue weighted by Crippen LogP contribution is 2.39. The van der Waals surface area contributed by atoms with Crippen LogP contribution in [0.5, 0.6) is 0 Å². The largest absolute Gasteiger partial charge is 0.344 e. The monoisotopic (exact) mass is 349 g/mol. The molecule has 0 aliphatic rings. The van der Waals surface area contributed by atoms with E-state index in [-0.39, 0.29) is 0 Å². The number of rotatable bonds is 4. The van der Waals surface area contributed by atoms with Crippen molar-refractivity contribution in [1.82, 2.24) is 4.57 Å². The third-order valence-corrected chi connectivity index (χ3v) is 5.11. The van der Waals surface area contributed by atoms with Crippen molar-refractivity contribution in [2.75, 3.05) is 0 Å². The van der Waals surface area contributed by atoms with Gasteiger partial charge < -0.3 is 4.57 Å². The van der Waals surface area contributed by atoms with Crippen LogP contribution in [0.15, 0.2) is 85.5 Å². The number of nitrogens with zero attached hydrogens (tertiary/aromatic N) is 1. The summed E-state index contributed by atoms with van der Waals surface area (Å²) in [5.74, 6) is 0. The van der Waals surface area contributed by atoms with E-state index in [1.165, 1.54) is 44.4 Å². The maximum atomic E-state index is 4.11. The molecule has 4 aromatic rings. The second-order valence-electron chi connectivity index (χ2n) is 6.71. The molecule has 0 radical (unpaired) electrons. The lowest BCUT2D eigenvalue weighted by atomic mass is 9.93. The minimum atomic E-state index is 1.18. The summed E-state index contributed by atoms with van der Waals surface area (Å²) in [5.41, 5.74) is 8.51. The highest BCUT2D eigenvalue weighted by Gasteiger charge is 2.17. The lowest BCUT2D eigenvalue weighted by molar-refractivity contribution is 0.953. The summed E-state index contributed by atoms with van der Waals surface area (Å²) in [4.78, 5) is 0. The molecule has 0 aliphatic carbocycles. The first-order chi connectivity index (χ1) is 13.2. The summed E-state index contributed by atoms with van der Waals surface area (Å²) >= 11 is 0. The standard InChI is InChI=1S/C26H23N/c1-4-12-24-22(5-2)26-23(20-15-10-7-11-16-20)17-21(18-25(26)27(24)3)19-13-8-6-9-14-19/h4-18H,2H2,1,3H3/b12-4-. The Labute approximate surface area is 160 Å². The van der Waals surface area contributed by atoms with Crippen LogP contribution in [0.25, 0.3) is 45.3 Å². The molecule has 0 saturated carbocycles. The van der Waals surface area contributed by atoms with Crippen LogP contribution in [0.1, 0.15) is 18.2 Å². The van der Waals surface area contributed by atoms with E-state index >= 15 is 0 Å². The van der Waals surface area contributed by atoms with Crippen LogP contribution in [0, 0.1) is 0 Å². The van der Waals surface area contributed by atoms with Crippen LogP contribution in [-0.4, -0.2) is 4.57 Å². The lowest BCUT2D eigenvalue weighted by Crippen LogP contribution is -1.91. The Bertz CT molecular complexity index is 1130. The lowest BCUT2D eigenvalue weighted by Gasteiger charge is -2.10. The summed E-state index contributed by atoms with van der Waals surface area (Å²) < 4.78 is 2.27. The molecule has 1 aromatic heterocycles. The molecule has 0 bridgehead atoms. The molecule has 1 heterocycles. The van der Waals surface area contributed by atoms with E-state index in [1.807, 2.05) is 6.08 Å². The molecule has 0 amide bonds. The number of benzene rings is 3. The zero-order valence-corrected chi connectivity index (χ0v) is 15.8. The number of fused-ring (bicyclic) bond motifs is 1. The fourth-order valence-electron chi connectivity index (χ4n) is 3.82. The van der Waals surface area contributed by atoms with Gasteiger partial charge in [0.25, 0.3) is 0 Å². The summed E-state index contributed by atoms with van der Waals surface area (Å²) in [7, 11) is 2.13. The third-order valence-electron chi connectivity index (χ3n) is 5.11. The average Bonchev–Trinajstić information content (AvgIpc) is 3.00. The molecule has 3 aromatic carbocycles. The minimum absolute atomic E-state index is 1.18. The van der Waals surface area contributed by atoms with E-state index in [2.05, 4.69) is 110 Å². The van der Waals surface area contributed by atoms with Crippen molar-refractivity contribution in [3.05, 3.63) is 96.7 Å². The van der Waals surface area contributed by atoms with Crippen LogP contribution in [-0.2, 0) is 7.05 Å². The molecule has 0 spiro atoms. The topological polar surface area (TPSA) is 4.93 Å². The van der Waals surface area contributed by atoms with E-state index in [4.69, 9.17) is 0 Å². The smallest absolute Gasteiger partial charge is 0.0501 e. The predicted molar refractivity (Wildman–Crippen MR) is 119 cm³/mol. The maximum Gasteiger partial charge on any atom is 0.0501 e. The van der Waals surface area contributed by atoms with E-state index in [9.17, 15) is 0 Å². The molecule has 1 nitrogen and oxygen atoms in total. The normalized spacial score (nSPS) is 11.3. The average molecular weight is 349 g/mol. The fourth-order valence-corrected chi connectivity index (χ4v) is 3.82. The zero-order chi connectivity index (χ0) is 18.8. The minimum Gasteiger partial charge on any atom is -0.344 e. The first-order valence-corrected chi connectivity index (χ1v) is 9.27. The second-order valence-corrected chi connectivity index (χ2v) is 6.71. The molecule has 0 fully saturated rings. The van der Waals surface area contributed by atoms with E-state index in [1.54, 1.807) is 0 Å². The van der Waals surface area contributed by atoms with Crippen molar-refractivity contribution in [2.45, 2.75) is 6.92 Å². The van der Waals surface area contributed by atoms with E-state index in [0.29, 0.717) is 0 Å². The molecule has 0 N–H and O–H groups in total. The van der Waals surface area contributed by atoms with Crippen molar-refractivity contribution in [1.29, 1.82) is 0 Å². The third kappa shape index (κ3) is 2.92. The van der Waals surface area contributed by atoms with Gasteiger partial charge in [0.05, 0.1) is 5.52 Å². The maximum absolute atomic E-state index is 4.11. The van der Waals surface area contributed by atoms with Crippen molar-refractivity contribution < 1.29 is 0 Å². The van der Waals surface area contributed by atoms with Gasteiger partial charge in [-0.25, -0.2) is 0 Å². The molecule has 1 heteroatoms. The van der Waals surface area contributed by atoms with Crippen LogP contribution in [0.4, 0.5) is 0 Å². The molecule has 0 saturated heterocycles. The zero-order valence-electron chi connectivity index (χ0n) is 15.8. The summed E-state index contributed by atoms with van der Waals surface area (Å²) in [6.07, 6.45) is 6.22. The molecule has 0 atom stereocenters. The van der Waals surface area contributed by atoms with Gasteiger partial charge in [-0.1, -0.05) is 79.4 Å². The number of aryl methyl sites for hydroxylation is 1. The summed E-state index contributed by atoms with van der Waals surface area (Å²) in [5, 5.41) is 1.26. The molecular formula is C26H23N. The van der Waals surface area contributed by atoms with Gasteiger partial charge in [0.1, 0.15) is 0 Å². The Kier molecular flexibility index (Phi) is 4.52. The highest BCUT2D eigenvalue weighted by atomic mass is 14.9. The van der Waals surface area contributed by atoms with Crippen molar-refractivity contribution in [3.63, 3.8) is 0 Å². The Morgan fingerprint density at radius 3 is 2.04 bits per heavy atom. The number of hydrogen-bond donors (Lipinski definition) is 0. The Morgan fingerprint density at radius 1 is 0.815 bits per heavy atom. The highest BCUT2D eigenvalue weighted by molar-refractivity contribution is 6.06. The summed E-state index contributed by atoms with van der Waals surface area (Å²) in [6, 6.07) is 25.8. The molecule has 4 rings (SSSR count). The Morgan fingerprint density at radius 2 is 1.44 bits per heavy atom. The molecule has 0 aliphatic heterocycles. The summed E-state index contributed by atoms with van der Waals surface area (Å²) in [6.45, 7) is 6.16. The number of aromatic nitrogens is 1.